The van der Waals surface area contributed by atoms with Gasteiger partial charge in [0, 0.05) is 18.1 Å². The number of benzene rings is 1. The van der Waals surface area contributed by atoms with E-state index in [2.05, 4.69) is 0 Å². The maximum atomic E-state index is 11.8. The molecule has 2 rings (SSSR count). The van der Waals surface area contributed by atoms with Crippen LogP contribution in [0.3, 0.4) is 0 Å². The zero-order valence-electron chi connectivity index (χ0n) is 9.03. The van der Waals surface area contributed by atoms with Crippen molar-refractivity contribution in [3.05, 3.63) is 34.9 Å². The Balaban J connectivity index is 2.03. The minimum Gasteiger partial charge on any atom is -0.337 e. The first kappa shape index (κ1) is 11.4. The lowest BCUT2D eigenvalue weighted by atomic mass is 10.0. The molecule has 1 amide bonds. The Morgan fingerprint density at radius 2 is 2.06 bits per heavy atom. The number of hydrogen-bond donors (Lipinski definition) is 1. The zero-order chi connectivity index (χ0) is 11.5. The highest BCUT2D eigenvalue weighted by Crippen LogP contribution is 2.15. The highest BCUT2D eigenvalue weighted by molar-refractivity contribution is 6.30. The molecule has 1 aliphatic heterocycles. The van der Waals surface area contributed by atoms with Crippen molar-refractivity contribution in [2.75, 3.05) is 6.54 Å². The molecule has 1 aromatic rings. The third-order valence-corrected chi connectivity index (χ3v) is 3.11. The van der Waals surface area contributed by atoms with Crippen LogP contribution >= 0.6 is 11.6 Å². The van der Waals surface area contributed by atoms with Gasteiger partial charge in [0.2, 0.25) is 5.91 Å². The number of carbonyl (C=O) groups is 1. The van der Waals surface area contributed by atoms with Crippen LogP contribution in [0.15, 0.2) is 24.3 Å². The lowest BCUT2D eigenvalue weighted by molar-refractivity contribution is -0.135. The lowest BCUT2D eigenvalue weighted by Gasteiger charge is -2.30. The van der Waals surface area contributed by atoms with Gasteiger partial charge < -0.3 is 10.6 Å². The van der Waals surface area contributed by atoms with Gasteiger partial charge in [-0.05, 0) is 30.5 Å². The summed E-state index contributed by atoms with van der Waals surface area (Å²) in [7, 11) is 0. The second kappa shape index (κ2) is 4.85. The minimum atomic E-state index is -0.318. The summed E-state index contributed by atoms with van der Waals surface area (Å²) in [6, 6.07) is 7.24. The molecule has 1 fully saturated rings. The van der Waals surface area contributed by atoms with Crippen LogP contribution in [0.5, 0.6) is 0 Å². The third-order valence-electron chi connectivity index (χ3n) is 2.86. The molecule has 4 heteroatoms. The van der Waals surface area contributed by atoms with Gasteiger partial charge in [0.15, 0.2) is 0 Å². The summed E-state index contributed by atoms with van der Waals surface area (Å²) in [5.74, 6) is 0.0567. The van der Waals surface area contributed by atoms with Gasteiger partial charge in [-0.2, -0.15) is 0 Å². The molecule has 0 spiro atoms. The van der Waals surface area contributed by atoms with Gasteiger partial charge in [0.1, 0.15) is 0 Å². The largest absolute Gasteiger partial charge is 0.337 e. The van der Waals surface area contributed by atoms with E-state index < -0.39 is 0 Å². The molecular weight excluding hydrogens is 224 g/mol. The van der Waals surface area contributed by atoms with Gasteiger partial charge in [-0.1, -0.05) is 23.7 Å². The molecule has 0 saturated carbocycles. The Morgan fingerprint density at radius 1 is 1.38 bits per heavy atom. The quantitative estimate of drug-likeness (QED) is 0.854. The molecule has 86 valence electrons. The molecule has 0 bridgehead atoms. The van der Waals surface area contributed by atoms with E-state index in [0.29, 0.717) is 11.6 Å². The Morgan fingerprint density at radius 3 is 2.75 bits per heavy atom. The van der Waals surface area contributed by atoms with E-state index in [-0.39, 0.29) is 11.9 Å². The molecule has 3 nitrogen and oxygen atoms in total. The molecule has 1 aliphatic rings. The van der Waals surface area contributed by atoms with Crippen LogP contribution in [0, 0.1) is 0 Å². The number of hydrogen-bond acceptors (Lipinski definition) is 2. The highest BCUT2D eigenvalue weighted by atomic mass is 35.5. The first-order chi connectivity index (χ1) is 7.66. The number of likely N-dealkylation sites (tertiary alicyclic amines) is 1. The van der Waals surface area contributed by atoms with Gasteiger partial charge in [-0.25, -0.2) is 0 Å². The van der Waals surface area contributed by atoms with Crippen molar-refractivity contribution in [2.24, 2.45) is 5.73 Å². The van der Waals surface area contributed by atoms with Crippen molar-refractivity contribution in [1.29, 1.82) is 0 Å². The van der Waals surface area contributed by atoms with E-state index in [1.165, 1.54) is 0 Å². The summed E-state index contributed by atoms with van der Waals surface area (Å²) in [4.78, 5) is 13.6. The minimum absolute atomic E-state index is 0.0567. The molecule has 16 heavy (non-hydrogen) atoms. The van der Waals surface area contributed by atoms with Crippen LogP contribution in [-0.2, 0) is 11.3 Å². The number of nitrogens with zero attached hydrogens (tertiary/aromatic N) is 1. The lowest BCUT2D eigenvalue weighted by Crippen LogP contribution is -2.47. The Labute approximate surface area is 100 Å². The highest BCUT2D eigenvalue weighted by Gasteiger charge is 2.25. The maximum Gasteiger partial charge on any atom is 0.239 e. The van der Waals surface area contributed by atoms with E-state index in [1.54, 1.807) is 0 Å². The Kier molecular flexibility index (Phi) is 3.46. The monoisotopic (exact) mass is 238 g/mol. The van der Waals surface area contributed by atoms with Crippen LogP contribution in [0.4, 0.5) is 0 Å². The summed E-state index contributed by atoms with van der Waals surface area (Å²) in [5.41, 5.74) is 6.82. The second-order valence-electron chi connectivity index (χ2n) is 4.13. The smallest absolute Gasteiger partial charge is 0.239 e. The first-order valence-electron chi connectivity index (χ1n) is 5.45. The fraction of sp³-hybridized carbons (Fsp3) is 0.417. The van der Waals surface area contributed by atoms with Crippen LogP contribution in [0.25, 0.3) is 0 Å². The number of amides is 1. The van der Waals surface area contributed by atoms with Crippen molar-refractivity contribution in [3.63, 3.8) is 0 Å². The number of nitrogens with two attached hydrogens (primary N) is 1. The first-order valence-corrected chi connectivity index (χ1v) is 5.83. The van der Waals surface area contributed by atoms with E-state index in [1.807, 2.05) is 29.2 Å². The van der Waals surface area contributed by atoms with Gasteiger partial charge in [-0.3, -0.25) is 4.79 Å². The molecule has 0 radical (unpaired) electrons. The van der Waals surface area contributed by atoms with Gasteiger partial charge in [0.25, 0.3) is 0 Å². The standard InChI is InChI=1S/C12H15ClN2O/c13-10-5-3-9(4-6-10)8-15-7-1-2-11(14)12(15)16/h3-6,11H,1-2,7-8,14H2. The molecule has 1 heterocycles. The van der Waals surface area contributed by atoms with E-state index >= 15 is 0 Å². The summed E-state index contributed by atoms with van der Waals surface area (Å²) in [6.07, 6.45) is 1.79. The van der Waals surface area contributed by atoms with Crippen molar-refractivity contribution in [2.45, 2.75) is 25.4 Å². The number of piperidine rings is 1. The van der Waals surface area contributed by atoms with Crippen molar-refractivity contribution < 1.29 is 4.79 Å². The molecule has 0 aromatic heterocycles. The molecule has 1 aromatic carbocycles. The van der Waals surface area contributed by atoms with Crippen LogP contribution in [0.2, 0.25) is 5.02 Å². The topological polar surface area (TPSA) is 46.3 Å². The van der Waals surface area contributed by atoms with Crippen LogP contribution in [0.1, 0.15) is 18.4 Å². The maximum absolute atomic E-state index is 11.8. The molecule has 1 atom stereocenters. The predicted molar refractivity (Wildman–Crippen MR) is 64.1 cm³/mol. The summed E-state index contributed by atoms with van der Waals surface area (Å²) < 4.78 is 0. The molecule has 0 aliphatic carbocycles. The summed E-state index contributed by atoms with van der Waals surface area (Å²) in [6.45, 7) is 1.43. The Hall–Kier alpha value is -1.06. The normalized spacial score (nSPS) is 21.2. The van der Waals surface area contributed by atoms with E-state index in [9.17, 15) is 4.79 Å². The SMILES string of the molecule is NC1CCCN(Cc2ccc(Cl)cc2)C1=O. The summed E-state index contributed by atoms with van der Waals surface area (Å²) >= 11 is 5.81. The fourth-order valence-corrected chi connectivity index (χ4v) is 2.06. The molecular formula is C12H15ClN2O. The van der Waals surface area contributed by atoms with Crippen molar-refractivity contribution >= 4 is 17.5 Å². The molecule has 2 N–H and O–H groups in total. The van der Waals surface area contributed by atoms with Gasteiger partial charge in [-0.15, -0.1) is 0 Å². The van der Waals surface area contributed by atoms with E-state index in [4.69, 9.17) is 17.3 Å². The average Bonchev–Trinajstić information content (AvgIpc) is 2.28. The molecule has 1 unspecified atom stereocenters. The molecule has 1 saturated heterocycles. The van der Waals surface area contributed by atoms with Crippen LogP contribution in [-0.4, -0.2) is 23.4 Å². The number of carbonyl (C=O) groups excluding carboxylic acids is 1. The third kappa shape index (κ3) is 2.54. The second-order valence-corrected chi connectivity index (χ2v) is 4.57. The van der Waals surface area contributed by atoms with Crippen molar-refractivity contribution in [1.82, 2.24) is 4.90 Å². The van der Waals surface area contributed by atoms with E-state index in [0.717, 1.165) is 24.9 Å². The fourth-order valence-electron chi connectivity index (χ4n) is 1.94. The van der Waals surface area contributed by atoms with Crippen LogP contribution < -0.4 is 5.73 Å². The van der Waals surface area contributed by atoms with Gasteiger partial charge >= 0.3 is 0 Å². The van der Waals surface area contributed by atoms with Gasteiger partial charge in [0.05, 0.1) is 6.04 Å². The summed E-state index contributed by atoms with van der Waals surface area (Å²) in [5, 5.41) is 0.713. The predicted octanol–water partition coefficient (Wildman–Crippen LogP) is 1.79. The number of rotatable bonds is 2. The Bertz CT molecular complexity index is 377. The average molecular weight is 239 g/mol. The van der Waals surface area contributed by atoms with Crippen molar-refractivity contribution in [3.8, 4) is 0 Å². The number of halogens is 1. The zero-order valence-corrected chi connectivity index (χ0v) is 9.78.